The number of carbonyl (C=O) groups is 1. The van der Waals surface area contributed by atoms with Crippen LogP contribution < -0.4 is 20.9 Å². The summed E-state index contributed by atoms with van der Waals surface area (Å²) < 4.78 is 5.15. The van der Waals surface area contributed by atoms with Crippen molar-refractivity contribution in [1.82, 2.24) is 15.6 Å². The average Bonchev–Trinajstić information content (AvgIpc) is 2.52. The van der Waals surface area contributed by atoms with Crippen molar-refractivity contribution < 1.29 is 9.53 Å². The summed E-state index contributed by atoms with van der Waals surface area (Å²) >= 11 is 0. The molecule has 0 saturated heterocycles. The molecule has 0 saturated carbocycles. The van der Waals surface area contributed by atoms with Gasteiger partial charge in [0.25, 0.3) is 5.56 Å². The highest BCUT2D eigenvalue weighted by Crippen LogP contribution is 2.18. The van der Waals surface area contributed by atoms with E-state index in [1.165, 1.54) is 0 Å². The summed E-state index contributed by atoms with van der Waals surface area (Å²) in [7, 11) is 1.59. The second-order valence-corrected chi connectivity index (χ2v) is 5.86. The SMILES string of the molecule is COc1ccc2cc(CCNC(=O)NCC(C)C)c(=O)[nH]c2c1. The molecule has 6 nitrogen and oxygen atoms in total. The van der Waals surface area contributed by atoms with E-state index in [1.54, 1.807) is 13.2 Å². The maximum absolute atomic E-state index is 12.1. The number of carbonyl (C=O) groups excluding carboxylic acids is 1. The Morgan fingerprint density at radius 2 is 2.04 bits per heavy atom. The highest BCUT2D eigenvalue weighted by molar-refractivity contribution is 5.80. The Labute approximate surface area is 135 Å². The van der Waals surface area contributed by atoms with Crippen molar-refractivity contribution in [1.29, 1.82) is 0 Å². The van der Waals surface area contributed by atoms with E-state index in [4.69, 9.17) is 4.74 Å². The Balaban J connectivity index is 1.99. The van der Waals surface area contributed by atoms with Gasteiger partial charge in [-0.15, -0.1) is 0 Å². The van der Waals surface area contributed by atoms with E-state index < -0.39 is 0 Å². The molecule has 1 aromatic heterocycles. The zero-order valence-electron chi connectivity index (χ0n) is 13.7. The number of pyridine rings is 1. The van der Waals surface area contributed by atoms with Crippen molar-refractivity contribution in [2.45, 2.75) is 20.3 Å². The topological polar surface area (TPSA) is 83.2 Å². The van der Waals surface area contributed by atoms with Crippen molar-refractivity contribution in [2.75, 3.05) is 20.2 Å². The second-order valence-electron chi connectivity index (χ2n) is 5.86. The molecule has 23 heavy (non-hydrogen) atoms. The number of hydrogen-bond acceptors (Lipinski definition) is 3. The molecule has 2 amide bonds. The molecule has 1 heterocycles. The minimum Gasteiger partial charge on any atom is -0.497 e. The first-order valence-corrected chi connectivity index (χ1v) is 7.71. The largest absolute Gasteiger partial charge is 0.497 e. The monoisotopic (exact) mass is 317 g/mol. The van der Waals surface area contributed by atoms with Crippen LogP contribution in [0.25, 0.3) is 10.9 Å². The van der Waals surface area contributed by atoms with Crippen molar-refractivity contribution in [3.63, 3.8) is 0 Å². The normalized spacial score (nSPS) is 10.8. The molecule has 0 aliphatic heterocycles. The molecule has 3 N–H and O–H groups in total. The van der Waals surface area contributed by atoms with E-state index in [0.717, 1.165) is 10.9 Å². The number of aromatic nitrogens is 1. The number of aromatic amines is 1. The number of H-pyrrole nitrogens is 1. The molecule has 2 aromatic rings. The number of hydrogen-bond donors (Lipinski definition) is 3. The molecular formula is C17H23N3O3. The van der Waals surface area contributed by atoms with Crippen molar-refractivity contribution >= 4 is 16.9 Å². The number of urea groups is 1. The van der Waals surface area contributed by atoms with Crippen LogP contribution in [0.5, 0.6) is 5.75 Å². The number of benzene rings is 1. The van der Waals surface area contributed by atoms with Crippen LogP contribution in [0.2, 0.25) is 0 Å². The van der Waals surface area contributed by atoms with E-state index in [2.05, 4.69) is 15.6 Å². The summed E-state index contributed by atoms with van der Waals surface area (Å²) in [6.45, 7) is 5.10. The van der Waals surface area contributed by atoms with Crippen molar-refractivity contribution in [2.24, 2.45) is 5.92 Å². The van der Waals surface area contributed by atoms with Gasteiger partial charge in [0, 0.05) is 24.7 Å². The van der Waals surface area contributed by atoms with E-state index in [-0.39, 0.29) is 11.6 Å². The number of amides is 2. The molecule has 2 rings (SSSR count). The molecule has 0 fully saturated rings. The van der Waals surface area contributed by atoms with Gasteiger partial charge < -0.3 is 20.4 Å². The fourth-order valence-electron chi connectivity index (χ4n) is 2.21. The maximum atomic E-state index is 12.1. The maximum Gasteiger partial charge on any atom is 0.314 e. The van der Waals surface area contributed by atoms with Crippen LogP contribution in [0.3, 0.4) is 0 Å². The van der Waals surface area contributed by atoms with E-state index in [9.17, 15) is 9.59 Å². The van der Waals surface area contributed by atoms with Crippen LogP contribution in [-0.4, -0.2) is 31.2 Å². The molecule has 124 valence electrons. The first-order chi connectivity index (χ1) is 11.0. The Morgan fingerprint density at radius 3 is 2.74 bits per heavy atom. The van der Waals surface area contributed by atoms with Gasteiger partial charge in [0.1, 0.15) is 5.75 Å². The Bertz CT molecular complexity index is 737. The van der Waals surface area contributed by atoms with Gasteiger partial charge in [0.05, 0.1) is 12.6 Å². The lowest BCUT2D eigenvalue weighted by Gasteiger charge is -2.09. The van der Waals surface area contributed by atoms with Gasteiger partial charge in [0.2, 0.25) is 0 Å². The van der Waals surface area contributed by atoms with Crippen molar-refractivity contribution in [3.05, 3.63) is 40.2 Å². The quantitative estimate of drug-likeness (QED) is 0.762. The van der Waals surface area contributed by atoms with Crippen LogP contribution in [-0.2, 0) is 6.42 Å². The fourth-order valence-corrected chi connectivity index (χ4v) is 2.21. The van der Waals surface area contributed by atoms with E-state index in [0.29, 0.717) is 36.7 Å². The van der Waals surface area contributed by atoms with Gasteiger partial charge in [-0.05, 0) is 35.9 Å². The first kappa shape index (κ1) is 16.9. The fraction of sp³-hybridized carbons (Fsp3) is 0.412. The van der Waals surface area contributed by atoms with Crippen LogP contribution in [0.1, 0.15) is 19.4 Å². The standard InChI is InChI=1S/C17H23N3O3/c1-11(2)10-19-17(22)18-7-6-13-8-12-4-5-14(23-3)9-15(12)20-16(13)21/h4-5,8-9,11H,6-7,10H2,1-3H3,(H,20,21)(H2,18,19,22). The molecule has 0 spiro atoms. The molecule has 0 aliphatic rings. The second kappa shape index (κ2) is 7.67. The number of fused-ring (bicyclic) bond motifs is 1. The minimum atomic E-state index is -0.208. The minimum absolute atomic E-state index is 0.143. The molecule has 0 radical (unpaired) electrons. The third-order valence-corrected chi connectivity index (χ3v) is 3.48. The third kappa shape index (κ3) is 4.74. The summed E-state index contributed by atoms with van der Waals surface area (Å²) in [4.78, 5) is 26.5. The first-order valence-electron chi connectivity index (χ1n) is 7.71. The van der Waals surface area contributed by atoms with Gasteiger partial charge in [-0.1, -0.05) is 13.8 Å². The summed E-state index contributed by atoms with van der Waals surface area (Å²) in [6.07, 6.45) is 0.479. The molecule has 0 aliphatic carbocycles. The third-order valence-electron chi connectivity index (χ3n) is 3.48. The van der Waals surface area contributed by atoms with E-state index in [1.807, 2.05) is 32.0 Å². The zero-order chi connectivity index (χ0) is 16.8. The van der Waals surface area contributed by atoms with Crippen LogP contribution in [0.4, 0.5) is 4.79 Å². The van der Waals surface area contributed by atoms with Gasteiger partial charge in [-0.25, -0.2) is 4.79 Å². The Morgan fingerprint density at radius 1 is 1.26 bits per heavy atom. The average molecular weight is 317 g/mol. The van der Waals surface area contributed by atoms with Gasteiger partial charge in [-0.3, -0.25) is 4.79 Å². The lowest BCUT2D eigenvalue weighted by molar-refractivity contribution is 0.239. The van der Waals surface area contributed by atoms with Gasteiger partial charge in [-0.2, -0.15) is 0 Å². The van der Waals surface area contributed by atoms with Gasteiger partial charge in [0.15, 0.2) is 0 Å². The van der Waals surface area contributed by atoms with Gasteiger partial charge >= 0.3 is 6.03 Å². The molecule has 1 aromatic carbocycles. The zero-order valence-corrected chi connectivity index (χ0v) is 13.7. The molecule has 0 bridgehead atoms. The number of rotatable bonds is 6. The highest BCUT2D eigenvalue weighted by atomic mass is 16.5. The molecule has 6 heteroatoms. The lowest BCUT2D eigenvalue weighted by atomic mass is 10.1. The van der Waals surface area contributed by atoms with Crippen LogP contribution in [0, 0.1) is 5.92 Å². The van der Waals surface area contributed by atoms with Crippen molar-refractivity contribution in [3.8, 4) is 5.75 Å². The summed E-state index contributed by atoms with van der Waals surface area (Å²) in [5, 5.41) is 6.47. The Hall–Kier alpha value is -2.50. The number of methoxy groups -OCH3 is 1. The number of ether oxygens (including phenoxy) is 1. The summed E-state index contributed by atoms with van der Waals surface area (Å²) in [5.41, 5.74) is 1.24. The predicted octanol–water partition coefficient (Wildman–Crippen LogP) is 2.03. The Kier molecular flexibility index (Phi) is 5.62. The molecular weight excluding hydrogens is 294 g/mol. The van der Waals surface area contributed by atoms with Crippen LogP contribution >= 0.6 is 0 Å². The number of nitrogens with one attached hydrogen (secondary N) is 3. The summed E-state index contributed by atoms with van der Waals surface area (Å²) in [5.74, 6) is 1.10. The summed E-state index contributed by atoms with van der Waals surface area (Å²) in [6, 6.07) is 7.18. The smallest absolute Gasteiger partial charge is 0.314 e. The van der Waals surface area contributed by atoms with E-state index >= 15 is 0 Å². The highest BCUT2D eigenvalue weighted by Gasteiger charge is 2.06. The molecule has 0 unspecified atom stereocenters. The predicted molar refractivity (Wildman–Crippen MR) is 91.1 cm³/mol. The lowest BCUT2D eigenvalue weighted by Crippen LogP contribution is -2.38. The van der Waals surface area contributed by atoms with Crippen LogP contribution in [0.15, 0.2) is 29.1 Å². The molecule has 0 atom stereocenters.